The van der Waals surface area contributed by atoms with Crippen LogP contribution >= 0.6 is 0 Å². The first-order valence-electron chi connectivity index (χ1n) is 7.77. The van der Waals surface area contributed by atoms with Crippen molar-refractivity contribution in [2.75, 3.05) is 13.1 Å². The van der Waals surface area contributed by atoms with Gasteiger partial charge in [0.1, 0.15) is 0 Å². The number of rotatable bonds is 6. The first kappa shape index (κ1) is 17.9. The lowest BCUT2D eigenvalue weighted by Crippen LogP contribution is -2.31. The zero-order chi connectivity index (χ0) is 17.2. The van der Waals surface area contributed by atoms with Crippen molar-refractivity contribution < 1.29 is 23.1 Å². The number of nitrogens with zero attached hydrogens (tertiary/aromatic N) is 1. The van der Waals surface area contributed by atoms with Gasteiger partial charge in [-0.25, -0.2) is 13.2 Å². The molecule has 0 unspecified atom stereocenters. The van der Waals surface area contributed by atoms with E-state index in [-0.39, 0.29) is 22.7 Å². The lowest BCUT2D eigenvalue weighted by atomic mass is 10.1. The van der Waals surface area contributed by atoms with Crippen LogP contribution in [0, 0.1) is 0 Å². The third-order valence-electron chi connectivity index (χ3n) is 3.89. The molecule has 1 saturated heterocycles. The van der Waals surface area contributed by atoms with E-state index in [1.807, 2.05) is 20.8 Å². The van der Waals surface area contributed by atoms with E-state index in [1.54, 1.807) is 6.07 Å². The highest BCUT2D eigenvalue weighted by Crippen LogP contribution is 2.27. The average molecular weight is 341 g/mol. The van der Waals surface area contributed by atoms with Crippen molar-refractivity contribution in [3.8, 4) is 0 Å². The van der Waals surface area contributed by atoms with E-state index in [1.165, 1.54) is 16.4 Å². The first-order valence-corrected chi connectivity index (χ1v) is 9.21. The molecule has 0 aromatic heterocycles. The second kappa shape index (κ2) is 6.98. The molecule has 1 aliphatic rings. The van der Waals surface area contributed by atoms with Crippen molar-refractivity contribution in [2.24, 2.45) is 0 Å². The van der Waals surface area contributed by atoms with Gasteiger partial charge in [-0.3, -0.25) is 0 Å². The van der Waals surface area contributed by atoms with E-state index in [0.717, 1.165) is 0 Å². The zero-order valence-electron chi connectivity index (χ0n) is 13.7. The molecule has 1 fully saturated rings. The third-order valence-corrected chi connectivity index (χ3v) is 5.83. The molecular formula is C16H23NO5S. The summed E-state index contributed by atoms with van der Waals surface area (Å²) >= 11 is 0. The fourth-order valence-electron chi connectivity index (χ4n) is 2.77. The van der Waals surface area contributed by atoms with Gasteiger partial charge in [0, 0.05) is 13.1 Å². The summed E-state index contributed by atoms with van der Waals surface area (Å²) in [7, 11) is -3.72. The average Bonchev–Trinajstić information content (AvgIpc) is 2.94. The molecule has 6 nitrogen and oxygen atoms in total. The molecule has 1 aliphatic heterocycles. The van der Waals surface area contributed by atoms with Crippen molar-refractivity contribution in [1.29, 1.82) is 0 Å². The Bertz CT molecular complexity index is 684. The summed E-state index contributed by atoms with van der Waals surface area (Å²) in [5.41, 5.74) is 0.609. The Morgan fingerprint density at radius 2 is 2.13 bits per heavy atom. The Morgan fingerprint density at radius 1 is 1.43 bits per heavy atom. The highest BCUT2D eigenvalue weighted by Gasteiger charge is 2.34. The number of aryl methyl sites for hydroxylation is 1. The van der Waals surface area contributed by atoms with Gasteiger partial charge in [-0.15, -0.1) is 0 Å². The second-order valence-electron chi connectivity index (χ2n) is 5.94. The van der Waals surface area contributed by atoms with Gasteiger partial charge in [0.25, 0.3) is 0 Å². The van der Waals surface area contributed by atoms with E-state index in [2.05, 4.69) is 0 Å². The predicted molar refractivity (Wildman–Crippen MR) is 86.2 cm³/mol. The van der Waals surface area contributed by atoms with E-state index in [4.69, 9.17) is 9.84 Å². The van der Waals surface area contributed by atoms with Crippen LogP contribution in [0.1, 0.15) is 43.1 Å². The molecule has 23 heavy (non-hydrogen) atoms. The summed E-state index contributed by atoms with van der Waals surface area (Å²) in [4.78, 5) is 11.2. The fraction of sp³-hybridized carbons (Fsp3) is 0.562. The predicted octanol–water partition coefficient (Wildman–Crippen LogP) is 2.14. The van der Waals surface area contributed by atoms with Gasteiger partial charge in [0.15, 0.2) is 0 Å². The summed E-state index contributed by atoms with van der Waals surface area (Å²) in [6.45, 7) is 6.38. The van der Waals surface area contributed by atoms with E-state index < -0.39 is 16.0 Å². The molecule has 1 aromatic carbocycles. The maximum absolute atomic E-state index is 12.9. The molecule has 0 amide bonds. The third kappa shape index (κ3) is 3.91. The topological polar surface area (TPSA) is 83.9 Å². The standard InChI is InChI=1S/C16H23NO5S/c1-4-12-5-6-13(16(18)19)9-15(12)23(20,21)17-8-7-14(10-17)22-11(2)3/h5-6,9,11,14H,4,7-8,10H2,1-3H3,(H,18,19)/t14-/m1/s1. The summed E-state index contributed by atoms with van der Waals surface area (Å²) in [6.07, 6.45) is 1.10. The van der Waals surface area contributed by atoms with E-state index in [9.17, 15) is 13.2 Å². The van der Waals surface area contributed by atoms with Crippen molar-refractivity contribution in [1.82, 2.24) is 4.31 Å². The molecule has 2 rings (SSSR count). The molecule has 1 aromatic rings. The Morgan fingerprint density at radius 3 is 2.70 bits per heavy atom. The first-order chi connectivity index (χ1) is 10.8. The monoisotopic (exact) mass is 341 g/mol. The number of hydrogen-bond acceptors (Lipinski definition) is 4. The largest absolute Gasteiger partial charge is 0.478 e. The van der Waals surface area contributed by atoms with Crippen molar-refractivity contribution in [3.63, 3.8) is 0 Å². The highest BCUT2D eigenvalue weighted by atomic mass is 32.2. The molecule has 1 atom stereocenters. The Kier molecular flexibility index (Phi) is 5.44. The number of sulfonamides is 1. The van der Waals surface area contributed by atoms with Gasteiger partial charge in [-0.05, 0) is 44.4 Å². The van der Waals surface area contributed by atoms with Crippen LogP contribution in [0.15, 0.2) is 23.1 Å². The second-order valence-corrected chi connectivity index (χ2v) is 7.85. The highest BCUT2D eigenvalue weighted by molar-refractivity contribution is 7.89. The molecule has 0 bridgehead atoms. The van der Waals surface area contributed by atoms with Crippen LogP contribution < -0.4 is 0 Å². The minimum absolute atomic E-state index is 0.0186. The van der Waals surface area contributed by atoms with Gasteiger partial charge in [0.2, 0.25) is 10.0 Å². The van der Waals surface area contributed by atoms with Crippen LogP contribution in [0.5, 0.6) is 0 Å². The molecule has 1 heterocycles. The molecule has 128 valence electrons. The van der Waals surface area contributed by atoms with Crippen LogP contribution in [-0.2, 0) is 21.2 Å². The summed E-state index contributed by atoms with van der Waals surface area (Å²) in [5.74, 6) is -1.13. The number of carboxylic acid groups (broad SMARTS) is 1. The summed E-state index contributed by atoms with van der Waals surface area (Å²) < 4.78 is 32.9. The maximum atomic E-state index is 12.9. The lowest BCUT2D eigenvalue weighted by molar-refractivity contribution is 0.0173. The van der Waals surface area contributed by atoms with Gasteiger partial charge in [0.05, 0.1) is 22.7 Å². The molecule has 0 saturated carbocycles. The van der Waals surface area contributed by atoms with Crippen LogP contribution in [0.3, 0.4) is 0 Å². The molecule has 1 N–H and O–H groups in total. The Balaban J connectivity index is 2.33. The molecule has 0 spiro atoms. The van der Waals surface area contributed by atoms with Crippen molar-refractivity contribution in [2.45, 2.75) is 50.7 Å². The van der Waals surface area contributed by atoms with Crippen molar-refractivity contribution >= 4 is 16.0 Å². The zero-order valence-corrected chi connectivity index (χ0v) is 14.5. The SMILES string of the molecule is CCc1ccc(C(=O)O)cc1S(=O)(=O)N1CC[C@@H](OC(C)C)C1. The van der Waals surface area contributed by atoms with Crippen LogP contribution in [0.25, 0.3) is 0 Å². The van der Waals surface area contributed by atoms with Crippen LogP contribution in [0.2, 0.25) is 0 Å². The van der Waals surface area contributed by atoms with E-state index >= 15 is 0 Å². The quantitative estimate of drug-likeness (QED) is 0.857. The van der Waals surface area contributed by atoms with Crippen LogP contribution in [-0.4, -0.2) is 49.1 Å². The maximum Gasteiger partial charge on any atom is 0.335 e. The molecular weight excluding hydrogens is 318 g/mol. The Hall–Kier alpha value is -1.44. The van der Waals surface area contributed by atoms with Gasteiger partial charge < -0.3 is 9.84 Å². The number of carboxylic acids is 1. The van der Waals surface area contributed by atoms with Gasteiger partial charge >= 0.3 is 5.97 Å². The minimum Gasteiger partial charge on any atom is -0.478 e. The minimum atomic E-state index is -3.72. The summed E-state index contributed by atoms with van der Waals surface area (Å²) in [6, 6.07) is 4.27. The van der Waals surface area contributed by atoms with Crippen LogP contribution in [0.4, 0.5) is 0 Å². The lowest BCUT2D eigenvalue weighted by Gasteiger charge is -2.20. The van der Waals surface area contributed by atoms with Gasteiger partial charge in [-0.2, -0.15) is 4.31 Å². The number of hydrogen-bond donors (Lipinski definition) is 1. The summed E-state index contributed by atoms with van der Waals surface area (Å²) in [5, 5.41) is 9.12. The molecule has 0 aliphatic carbocycles. The number of benzene rings is 1. The van der Waals surface area contributed by atoms with Gasteiger partial charge in [-0.1, -0.05) is 13.0 Å². The number of ether oxygens (including phenoxy) is 1. The fourth-order valence-corrected chi connectivity index (χ4v) is 4.58. The Labute approximate surface area is 137 Å². The van der Waals surface area contributed by atoms with Crippen molar-refractivity contribution in [3.05, 3.63) is 29.3 Å². The number of carbonyl (C=O) groups is 1. The normalized spacial score (nSPS) is 19.4. The smallest absolute Gasteiger partial charge is 0.335 e. The van der Waals surface area contributed by atoms with E-state index in [0.29, 0.717) is 31.5 Å². The number of aromatic carboxylic acids is 1. The molecule has 0 radical (unpaired) electrons. The molecule has 7 heteroatoms.